The number of primary amides is 1. The monoisotopic (exact) mass is 361 g/mol. The van der Waals surface area contributed by atoms with Crippen LogP contribution in [0.5, 0.6) is 0 Å². The number of nitrogens with zero attached hydrogens (tertiary/aromatic N) is 3. The summed E-state index contributed by atoms with van der Waals surface area (Å²) in [6.07, 6.45) is 0.858. The third-order valence-electron chi connectivity index (χ3n) is 4.14. The van der Waals surface area contributed by atoms with Crippen molar-refractivity contribution in [1.29, 1.82) is 0 Å². The van der Waals surface area contributed by atoms with Crippen LogP contribution in [0.15, 0.2) is 24.3 Å². The van der Waals surface area contributed by atoms with Gasteiger partial charge >= 0.3 is 0 Å². The number of carbonyl (C=O) groups excluding carboxylic acids is 1. The van der Waals surface area contributed by atoms with E-state index < -0.39 is 5.91 Å². The summed E-state index contributed by atoms with van der Waals surface area (Å²) in [7, 11) is 0. The molecule has 4 N–H and O–H groups in total. The number of aryl methyl sites for hydroxylation is 1. The highest BCUT2D eigenvalue weighted by Gasteiger charge is 2.27. The number of hydrogen-bond donors (Lipinski definition) is 2. The van der Waals surface area contributed by atoms with Crippen molar-refractivity contribution in [3.8, 4) is 0 Å². The van der Waals surface area contributed by atoms with E-state index in [0.717, 1.165) is 30.0 Å². The zero-order valence-electron chi connectivity index (χ0n) is 13.9. The molecular weight excluding hydrogens is 342 g/mol. The lowest BCUT2D eigenvalue weighted by Gasteiger charge is -2.31. The smallest absolute Gasteiger partial charge is 0.248 e. The summed E-state index contributed by atoms with van der Waals surface area (Å²) in [5.74, 6) is 0.450. The van der Waals surface area contributed by atoms with Crippen molar-refractivity contribution < 1.29 is 9.53 Å². The largest absolute Gasteiger partial charge is 0.379 e. The number of halogens is 1. The second kappa shape index (κ2) is 7.25. The minimum atomic E-state index is -0.512. The molecule has 0 spiro atoms. The normalized spacial score (nSPS) is 18.0. The molecule has 1 aliphatic heterocycles. The number of carbonyl (C=O) groups is 1. The molecule has 7 nitrogen and oxygen atoms in total. The van der Waals surface area contributed by atoms with Gasteiger partial charge in [-0.3, -0.25) is 4.79 Å². The van der Waals surface area contributed by atoms with E-state index in [1.54, 1.807) is 12.1 Å². The SMILES string of the molecule is Cc1cc(N2CCCOCC2c2ccc(C(N)=O)cc2Cl)nc(N)n1. The summed E-state index contributed by atoms with van der Waals surface area (Å²) >= 11 is 6.43. The van der Waals surface area contributed by atoms with Crippen molar-refractivity contribution in [2.45, 2.75) is 19.4 Å². The van der Waals surface area contributed by atoms with Gasteiger partial charge in [-0.1, -0.05) is 17.7 Å². The number of ether oxygens (including phenoxy) is 1. The molecule has 0 aliphatic carbocycles. The van der Waals surface area contributed by atoms with E-state index in [0.29, 0.717) is 23.8 Å². The fourth-order valence-corrected chi connectivity index (χ4v) is 3.29. The van der Waals surface area contributed by atoms with Crippen LogP contribution < -0.4 is 16.4 Å². The number of rotatable bonds is 3. The maximum atomic E-state index is 11.4. The van der Waals surface area contributed by atoms with Crippen LogP contribution in [0.3, 0.4) is 0 Å². The van der Waals surface area contributed by atoms with Gasteiger partial charge in [-0.25, -0.2) is 4.98 Å². The first kappa shape index (κ1) is 17.4. The summed E-state index contributed by atoms with van der Waals surface area (Å²) in [5, 5.41) is 0.468. The van der Waals surface area contributed by atoms with Crippen molar-refractivity contribution in [3.63, 3.8) is 0 Å². The number of amides is 1. The number of anilines is 2. The highest BCUT2D eigenvalue weighted by molar-refractivity contribution is 6.31. The second-order valence-electron chi connectivity index (χ2n) is 5.96. The van der Waals surface area contributed by atoms with Crippen LogP contribution in [0.1, 0.15) is 34.1 Å². The first-order valence-electron chi connectivity index (χ1n) is 8.00. The molecule has 1 aromatic carbocycles. The summed E-state index contributed by atoms with van der Waals surface area (Å²) in [6, 6.07) is 6.81. The zero-order valence-corrected chi connectivity index (χ0v) is 14.7. The maximum absolute atomic E-state index is 11.4. The van der Waals surface area contributed by atoms with Crippen molar-refractivity contribution in [3.05, 3.63) is 46.1 Å². The van der Waals surface area contributed by atoms with E-state index in [9.17, 15) is 4.79 Å². The van der Waals surface area contributed by atoms with Gasteiger partial charge < -0.3 is 21.1 Å². The van der Waals surface area contributed by atoms with Crippen molar-refractivity contribution in [2.24, 2.45) is 5.73 Å². The Hall–Kier alpha value is -2.38. The predicted octanol–water partition coefficient (Wildman–Crippen LogP) is 2.09. The van der Waals surface area contributed by atoms with Gasteiger partial charge in [0.25, 0.3) is 0 Å². The van der Waals surface area contributed by atoms with E-state index in [1.807, 2.05) is 19.1 Å². The van der Waals surface area contributed by atoms with E-state index >= 15 is 0 Å². The molecule has 25 heavy (non-hydrogen) atoms. The Morgan fingerprint density at radius 2 is 2.16 bits per heavy atom. The van der Waals surface area contributed by atoms with Gasteiger partial charge in [-0.15, -0.1) is 0 Å². The minimum absolute atomic E-state index is 0.148. The third-order valence-corrected chi connectivity index (χ3v) is 4.46. The molecule has 1 unspecified atom stereocenters. The summed E-state index contributed by atoms with van der Waals surface area (Å²) in [4.78, 5) is 22.0. The van der Waals surface area contributed by atoms with Crippen LogP contribution in [0.25, 0.3) is 0 Å². The molecule has 1 aliphatic rings. The van der Waals surface area contributed by atoms with Crippen molar-refractivity contribution in [2.75, 3.05) is 30.4 Å². The summed E-state index contributed by atoms with van der Waals surface area (Å²) in [6.45, 7) is 3.73. The Labute approximate surface area is 150 Å². The van der Waals surface area contributed by atoms with Crippen LogP contribution in [0, 0.1) is 6.92 Å². The van der Waals surface area contributed by atoms with E-state index in [2.05, 4.69) is 14.9 Å². The lowest BCUT2D eigenvalue weighted by molar-refractivity contribution is 0.100. The zero-order chi connectivity index (χ0) is 18.0. The average molecular weight is 362 g/mol. The van der Waals surface area contributed by atoms with E-state index in [4.69, 9.17) is 27.8 Å². The Balaban J connectivity index is 2.02. The summed E-state index contributed by atoms with van der Waals surface area (Å²) < 4.78 is 5.74. The molecule has 1 atom stereocenters. The number of aromatic nitrogens is 2. The van der Waals surface area contributed by atoms with Gasteiger partial charge in [0.05, 0.1) is 12.6 Å². The third kappa shape index (κ3) is 3.83. The van der Waals surface area contributed by atoms with Gasteiger partial charge in [0.2, 0.25) is 11.9 Å². The predicted molar refractivity (Wildman–Crippen MR) is 96.7 cm³/mol. The molecule has 1 saturated heterocycles. The lowest BCUT2D eigenvalue weighted by atomic mass is 10.0. The Kier molecular flexibility index (Phi) is 5.06. The van der Waals surface area contributed by atoms with Crippen LogP contribution >= 0.6 is 11.6 Å². The van der Waals surface area contributed by atoms with Gasteiger partial charge in [0, 0.05) is 35.5 Å². The van der Waals surface area contributed by atoms with Crippen LogP contribution in [0.2, 0.25) is 5.02 Å². The molecule has 0 saturated carbocycles. The second-order valence-corrected chi connectivity index (χ2v) is 6.37. The van der Waals surface area contributed by atoms with Gasteiger partial charge in [-0.2, -0.15) is 4.98 Å². The van der Waals surface area contributed by atoms with Crippen LogP contribution in [0.4, 0.5) is 11.8 Å². The first-order valence-corrected chi connectivity index (χ1v) is 8.38. The van der Waals surface area contributed by atoms with Crippen LogP contribution in [-0.2, 0) is 4.74 Å². The minimum Gasteiger partial charge on any atom is -0.379 e. The highest BCUT2D eigenvalue weighted by Crippen LogP contribution is 2.33. The number of nitrogens with two attached hydrogens (primary N) is 2. The lowest BCUT2D eigenvalue weighted by Crippen LogP contribution is -2.32. The molecule has 1 amide bonds. The Bertz CT molecular complexity index is 778. The molecule has 8 heteroatoms. The number of hydrogen-bond acceptors (Lipinski definition) is 6. The van der Waals surface area contributed by atoms with E-state index in [-0.39, 0.29) is 12.0 Å². The molecule has 1 aromatic heterocycles. The average Bonchev–Trinajstić information content (AvgIpc) is 2.79. The molecule has 0 radical (unpaired) electrons. The number of benzene rings is 1. The van der Waals surface area contributed by atoms with Crippen molar-refractivity contribution in [1.82, 2.24) is 9.97 Å². The molecule has 3 rings (SSSR count). The van der Waals surface area contributed by atoms with Crippen molar-refractivity contribution >= 4 is 29.3 Å². The molecule has 0 bridgehead atoms. The van der Waals surface area contributed by atoms with E-state index in [1.165, 1.54) is 0 Å². The van der Waals surface area contributed by atoms with Gasteiger partial charge in [-0.05, 0) is 31.0 Å². The fraction of sp³-hybridized carbons (Fsp3) is 0.353. The maximum Gasteiger partial charge on any atom is 0.248 e. The molecule has 1 fully saturated rings. The topological polar surface area (TPSA) is 107 Å². The highest BCUT2D eigenvalue weighted by atomic mass is 35.5. The molecular formula is C17H20ClN5O2. The van der Waals surface area contributed by atoms with Gasteiger partial charge in [0.1, 0.15) is 5.82 Å². The van der Waals surface area contributed by atoms with Crippen LogP contribution in [-0.4, -0.2) is 35.6 Å². The summed E-state index contributed by atoms with van der Waals surface area (Å²) in [5.41, 5.74) is 13.2. The Morgan fingerprint density at radius 1 is 1.36 bits per heavy atom. The van der Waals surface area contributed by atoms with Gasteiger partial charge in [0.15, 0.2) is 0 Å². The fourth-order valence-electron chi connectivity index (χ4n) is 2.98. The standard InChI is InChI=1S/C17H20ClN5O2/c1-10-7-15(22-17(20)21-10)23-5-2-6-25-9-14(23)12-4-3-11(16(19)24)8-13(12)18/h3-4,7-8,14H,2,5-6,9H2,1H3,(H2,19,24)(H2,20,21,22). The number of nitrogen functional groups attached to an aromatic ring is 1. The quantitative estimate of drug-likeness (QED) is 0.866. The molecule has 2 aromatic rings. The first-order chi connectivity index (χ1) is 12.0. The molecule has 132 valence electrons. The molecule has 2 heterocycles. The Morgan fingerprint density at radius 3 is 2.84 bits per heavy atom.